The summed E-state index contributed by atoms with van der Waals surface area (Å²) in [5.74, 6) is 0.537. The fourth-order valence-corrected chi connectivity index (χ4v) is 2.09. The summed E-state index contributed by atoms with van der Waals surface area (Å²) in [6.07, 6.45) is 7.47. The molecule has 5 heteroatoms. The van der Waals surface area contributed by atoms with Crippen molar-refractivity contribution in [3.8, 4) is 0 Å². The highest BCUT2D eigenvalue weighted by molar-refractivity contribution is 5.78. The molecule has 3 rings (SSSR count). The molecule has 2 aromatic rings. The fourth-order valence-electron chi connectivity index (χ4n) is 2.09. The molecule has 0 unspecified atom stereocenters. The van der Waals surface area contributed by atoms with Crippen molar-refractivity contribution in [3.63, 3.8) is 0 Å². The van der Waals surface area contributed by atoms with E-state index in [1.165, 1.54) is 19.3 Å². The van der Waals surface area contributed by atoms with Crippen molar-refractivity contribution in [1.82, 2.24) is 14.9 Å². The maximum absolute atomic E-state index is 5.86. The van der Waals surface area contributed by atoms with Crippen LogP contribution in [-0.2, 0) is 6.54 Å². The van der Waals surface area contributed by atoms with Gasteiger partial charge in [0.15, 0.2) is 5.96 Å². The number of nitrogens with two attached hydrogens (primary N) is 1. The van der Waals surface area contributed by atoms with E-state index in [2.05, 4.69) is 15.4 Å². The van der Waals surface area contributed by atoms with Crippen molar-refractivity contribution in [2.75, 3.05) is 0 Å². The third-order valence-corrected chi connectivity index (χ3v) is 3.38. The number of guanidine groups is 1. The highest BCUT2D eigenvalue weighted by Gasteiger charge is 2.17. The van der Waals surface area contributed by atoms with Crippen LogP contribution in [0.3, 0.4) is 0 Å². The van der Waals surface area contributed by atoms with E-state index < -0.39 is 0 Å². The molecule has 2 aromatic heterocycles. The van der Waals surface area contributed by atoms with Crippen LogP contribution in [0.25, 0.3) is 5.52 Å². The highest BCUT2D eigenvalue weighted by atomic mass is 15.2. The number of fused-ring (bicyclic) bond motifs is 1. The summed E-state index contributed by atoms with van der Waals surface area (Å²) in [6.45, 7) is 0.569. The number of nitrogens with one attached hydrogen (secondary N) is 1. The Bertz CT molecular complexity index is 568. The number of rotatable bonds is 3. The summed E-state index contributed by atoms with van der Waals surface area (Å²) >= 11 is 0. The minimum absolute atomic E-state index is 0.526. The largest absolute Gasteiger partial charge is 0.370 e. The molecule has 1 fully saturated rings. The lowest BCUT2D eigenvalue weighted by Gasteiger charge is -2.26. The Labute approximate surface area is 106 Å². The second-order valence-electron chi connectivity index (χ2n) is 4.67. The summed E-state index contributed by atoms with van der Waals surface area (Å²) in [7, 11) is 0. The van der Waals surface area contributed by atoms with Gasteiger partial charge in [-0.15, -0.1) is 0 Å². The molecule has 0 aromatic carbocycles. The topological polar surface area (TPSA) is 67.7 Å². The second kappa shape index (κ2) is 4.68. The number of hydrogen-bond donors (Lipinski definition) is 2. The molecule has 0 spiro atoms. The van der Waals surface area contributed by atoms with Crippen LogP contribution in [0, 0.1) is 0 Å². The van der Waals surface area contributed by atoms with Gasteiger partial charge in [0, 0.05) is 17.8 Å². The lowest BCUT2D eigenvalue weighted by atomic mass is 9.93. The van der Waals surface area contributed by atoms with Crippen LogP contribution in [-0.4, -0.2) is 21.6 Å². The maximum atomic E-state index is 5.86. The smallest absolute Gasteiger partial charge is 0.189 e. The number of hydrogen-bond acceptors (Lipinski definition) is 2. The van der Waals surface area contributed by atoms with Gasteiger partial charge in [-0.25, -0.2) is 9.51 Å². The van der Waals surface area contributed by atoms with Crippen molar-refractivity contribution in [3.05, 3.63) is 36.2 Å². The SMILES string of the molecule is NC(=NCc1cnn2ccccc12)NC1CCC1. The molecule has 0 bridgehead atoms. The highest BCUT2D eigenvalue weighted by Crippen LogP contribution is 2.17. The predicted octanol–water partition coefficient (Wildman–Crippen LogP) is 1.29. The first-order chi connectivity index (χ1) is 8.83. The standard InChI is InChI=1S/C13H17N5/c14-13(17-11-4-3-5-11)15-8-10-9-16-18-7-2-1-6-12(10)18/h1-2,6-7,9,11H,3-5,8H2,(H3,14,15,17). The van der Waals surface area contributed by atoms with Gasteiger partial charge in [0.2, 0.25) is 0 Å². The lowest BCUT2D eigenvalue weighted by molar-refractivity contribution is 0.382. The monoisotopic (exact) mass is 243 g/mol. The Morgan fingerprint density at radius 3 is 3.17 bits per heavy atom. The quantitative estimate of drug-likeness (QED) is 0.630. The van der Waals surface area contributed by atoms with Crippen molar-refractivity contribution in [2.24, 2.45) is 10.7 Å². The molecule has 3 N–H and O–H groups in total. The average molecular weight is 243 g/mol. The molecule has 0 saturated heterocycles. The van der Waals surface area contributed by atoms with Crippen LogP contribution in [0.1, 0.15) is 24.8 Å². The molecule has 94 valence electrons. The van der Waals surface area contributed by atoms with Crippen LogP contribution in [0.5, 0.6) is 0 Å². The van der Waals surface area contributed by atoms with Crippen LogP contribution in [0.15, 0.2) is 35.6 Å². The van der Waals surface area contributed by atoms with Crippen LogP contribution >= 0.6 is 0 Å². The number of aromatic nitrogens is 2. The Kier molecular flexibility index (Phi) is 2.88. The molecular weight excluding hydrogens is 226 g/mol. The third kappa shape index (κ3) is 2.16. The first kappa shape index (κ1) is 11.1. The van der Waals surface area contributed by atoms with Gasteiger partial charge >= 0.3 is 0 Å². The number of pyridine rings is 1. The van der Waals surface area contributed by atoms with E-state index in [4.69, 9.17) is 5.73 Å². The van der Waals surface area contributed by atoms with Gasteiger partial charge in [0.05, 0.1) is 18.3 Å². The van der Waals surface area contributed by atoms with Crippen molar-refractivity contribution in [2.45, 2.75) is 31.8 Å². The molecule has 0 atom stereocenters. The van der Waals surface area contributed by atoms with E-state index in [9.17, 15) is 0 Å². The van der Waals surface area contributed by atoms with E-state index >= 15 is 0 Å². The summed E-state index contributed by atoms with van der Waals surface area (Å²) in [5, 5.41) is 7.50. The van der Waals surface area contributed by atoms with Crippen molar-refractivity contribution < 1.29 is 0 Å². The van der Waals surface area contributed by atoms with Crippen molar-refractivity contribution in [1.29, 1.82) is 0 Å². The lowest BCUT2D eigenvalue weighted by Crippen LogP contribution is -2.43. The second-order valence-corrected chi connectivity index (χ2v) is 4.67. The van der Waals surface area contributed by atoms with E-state index in [-0.39, 0.29) is 0 Å². The van der Waals surface area contributed by atoms with Gasteiger partial charge in [-0.3, -0.25) is 0 Å². The zero-order valence-electron chi connectivity index (χ0n) is 10.2. The molecule has 0 radical (unpaired) electrons. The zero-order valence-corrected chi connectivity index (χ0v) is 10.2. The first-order valence-electron chi connectivity index (χ1n) is 6.30. The van der Waals surface area contributed by atoms with E-state index in [0.717, 1.165) is 11.1 Å². The molecular formula is C13H17N5. The third-order valence-electron chi connectivity index (χ3n) is 3.38. The zero-order chi connectivity index (χ0) is 12.4. The molecule has 0 aliphatic heterocycles. The van der Waals surface area contributed by atoms with Gasteiger partial charge in [0.25, 0.3) is 0 Å². The molecule has 18 heavy (non-hydrogen) atoms. The average Bonchev–Trinajstić information content (AvgIpc) is 2.75. The Morgan fingerprint density at radius 1 is 1.50 bits per heavy atom. The van der Waals surface area contributed by atoms with Gasteiger partial charge in [0.1, 0.15) is 0 Å². The van der Waals surface area contributed by atoms with Gasteiger partial charge in [-0.1, -0.05) is 6.07 Å². The number of nitrogens with zero attached hydrogens (tertiary/aromatic N) is 3. The molecule has 2 heterocycles. The first-order valence-corrected chi connectivity index (χ1v) is 6.30. The van der Waals surface area contributed by atoms with Crippen molar-refractivity contribution >= 4 is 11.5 Å². The summed E-state index contributed by atoms with van der Waals surface area (Å²) in [4.78, 5) is 4.37. The Hall–Kier alpha value is -2.04. The summed E-state index contributed by atoms with van der Waals surface area (Å²) < 4.78 is 1.85. The molecule has 1 aliphatic carbocycles. The molecule has 1 aliphatic rings. The van der Waals surface area contributed by atoms with Gasteiger partial charge in [-0.2, -0.15) is 5.10 Å². The summed E-state index contributed by atoms with van der Waals surface area (Å²) in [5.41, 5.74) is 8.03. The van der Waals surface area contributed by atoms with Crippen LogP contribution < -0.4 is 11.1 Å². The number of aliphatic imine (C=N–C) groups is 1. The fraction of sp³-hybridized carbons (Fsp3) is 0.385. The van der Waals surface area contributed by atoms with E-state index in [1.807, 2.05) is 35.1 Å². The molecule has 5 nitrogen and oxygen atoms in total. The van der Waals surface area contributed by atoms with E-state index in [0.29, 0.717) is 18.5 Å². The van der Waals surface area contributed by atoms with E-state index in [1.54, 1.807) is 0 Å². The molecule has 0 amide bonds. The predicted molar refractivity (Wildman–Crippen MR) is 71.3 cm³/mol. The maximum Gasteiger partial charge on any atom is 0.189 e. The minimum atomic E-state index is 0.526. The minimum Gasteiger partial charge on any atom is -0.370 e. The normalized spacial score (nSPS) is 16.8. The van der Waals surface area contributed by atoms with Gasteiger partial charge in [-0.05, 0) is 31.4 Å². The van der Waals surface area contributed by atoms with Crippen LogP contribution in [0.2, 0.25) is 0 Å². The molecule has 1 saturated carbocycles. The Morgan fingerprint density at radius 2 is 2.39 bits per heavy atom. The van der Waals surface area contributed by atoms with Crippen LogP contribution in [0.4, 0.5) is 0 Å². The Balaban J connectivity index is 1.70. The van der Waals surface area contributed by atoms with Gasteiger partial charge < -0.3 is 11.1 Å². The summed E-state index contributed by atoms with van der Waals surface area (Å²) in [6, 6.07) is 6.52.